The van der Waals surface area contributed by atoms with Crippen molar-refractivity contribution in [2.24, 2.45) is 7.05 Å². The molecule has 0 aliphatic carbocycles. The lowest BCUT2D eigenvalue weighted by Crippen LogP contribution is -2.14. The van der Waals surface area contributed by atoms with Crippen LogP contribution in [0.25, 0.3) is 0 Å². The SMILES string of the molecule is Cc1cc(C(=O)Nc2ccccc2C(C)C)nn1C. The Morgan fingerprint density at radius 3 is 2.58 bits per heavy atom. The van der Waals surface area contributed by atoms with E-state index >= 15 is 0 Å². The quantitative estimate of drug-likeness (QED) is 0.918. The van der Waals surface area contributed by atoms with E-state index in [1.807, 2.05) is 38.2 Å². The number of carbonyl (C=O) groups is 1. The molecule has 1 heterocycles. The largest absolute Gasteiger partial charge is 0.320 e. The van der Waals surface area contributed by atoms with Crippen LogP contribution in [0, 0.1) is 6.92 Å². The van der Waals surface area contributed by atoms with Crippen LogP contribution in [0.1, 0.15) is 41.5 Å². The van der Waals surface area contributed by atoms with Gasteiger partial charge in [0.1, 0.15) is 0 Å². The highest BCUT2D eigenvalue weighted by atomic mass is 16.1. The summed E-state index contributed by atoms with van der Waals surface area (Å²) in [5, 5.41) is 7.12. The van der Waals surface area contributed by atoms with Gasteiger partial charge in [-0.25, -0.2) is 0 Å². The van der Waals surface area contributed by atoms with Crippen LogP contribution in [0.3, 0.4) is 0 Å². The number of carbonyl (C=O) groups excluding carboxylic acids is 1. The van der Waals surface area contributed by atoms with Crippen LogP contribution in [0.4, 0.5) is 5.69 Å². The van der Waals surface area contributed by atoms with Crippen molar-refractivity contribution < 1.29 is 4.79 Å². The number of hydrogen-bond acceptors (Lipinski definition) is 2. The molecule has 100 valence electrons. The van der Waals surface area contributed by atoms with Crippen LogP contribution >= 0.6 is 0 Å². The van der Waals surface area contributed by atoms with Crippen molar-refractivity contribution in [2.75, 3.05) is 5.32 Å². The first kappa shape index (κ1) is 13.3. The van der Waals surface area contributed by atoms with Crippen LogP contribution in [0.15, 0.2) is 30.3 Å². The van der Waals surface area contributed by atoms with Crippen LogP contribution in [0.2, 0.25) is 0 Å². The number of benzene rings is 1. The fourth-order valence-electron chi connectivity index (χ4n) is 1.97. The highest BCUT2D eigenvalue weighted by Gasteiger charge is 2.13. The van der Waals surface area contributed by atoms with Gasteiger partial charge in [-0.15, -0.1) is 0 Å². The van der Waals surface area contributed by atoms with Gasteiger partial charge in [0.2, 0.25) is 0 Å². The zero-order valence-electron chi connectivity index (χ0n) is 11.8. The second-order valence-corrected chi connectivity index (χ2v) is 4.99. The Kier molecular flexibility index (Phi) is 3.69. The van der Waals surface area contributed by atoms with Crippen molar-refractivity contribution in [3.05, 3.63) is 47.3 Å². The molecule has 0 aliphatic rings. The average Bonchev–Trinajstić information content (AvgIpc) is 2.70. The third-order valence-electron chi connectivity index (χ3n) is 3.18. The van der Waals surface area contributed by atoms with Gasteiger partial charge in [0.05, 0.1) is 0 Å². The van der Waals surface area contributed by atoms with Crippen molar-refractivity contribution in [1.82, 2.24) is 9.78 Å². The molecule has 0 spiro atoms. The van der Waals surface area contributed by atoms with Gasteiger partial charge in [-0.05, 0) is 30.5 Å². The van der Waals surface area contributed by atoms with Crippen LogP contribution in [-0.4, -0.2) is 15.7 Å². The Labute approximate surface area is 113 Å². The molecule has 4 heteroatoms. The zero-order chi connectivity index (χ0) is 14.0. The van der Waals surface area contributed by atoms with Crippen molar-refractivity contribution in [2.45, 2.75) is 26.7 Å². The van der Waals surface area contributed by atoms with Crippen molar-refractivity contribution in [3.63, 3.8) is 0 Å². The van der Waals surface area contributed by atoms with E-state index in [2.05, 4.69) is 24.3 Å². The molecule has 1 N–H and O–H groups in total. The maximum Gasteiger partial charge on any atom is 0.276 e. The predicted octanol–water partition coefficient (Wildman–Crippen LogP) is 3.10. The molecule has 0 atom stereocenters. The van der Waals surface area contributed by atoms with Crippen LogP contribution in [-0.2, 0) is 7.05 Å². The molecule has 4 nitrogen and oxygen atoms in total. The first-order chi connectivity index (χ1) is 8.99. The van der Waals surface area contributed by atoms with E-state index in [-0.39, 0.29) is 5.91 Å². The summed E-state index contributed by atoms with van der Waals surface area (Å²) in [7, 11) is 1.83. The average molecular weight is 257 g/mol. The number of aromatic nitrogens is 2. The second-order valence-electron chi connectivity index (χ2n) is 4.99. The van der Waals surface area contributed by atoms with Crippen LogP contribution < -0.4 is 5.32 Å². The Balaban J connectivity index is 2.24. The number of nitrogens with zero attached hydrogens (tertiary/aromatic N) is 2. The Morgan fingerprint density at radius 1 is 1.32 bits per heavy atom. The van der Waals surface area contributed by atoms with Crippen molar-refractivity contribution in [1.29, 1.82) is 0 Å². The molecule has 0 saturated heterocycles. The minimum Gasteiger partial charge on any atom is -0.320 e. The Hall–Kier alpha value is -2.10. The first-order valence-corrected chi connectivity index (χ1v) is 6.40. The standard InChI is InChI=1S/C15H19N3O/c1-10(2)12-7-5-6-8-13(12)16-15(19)14-9-11(3)18(4)17-14/h5-10H,1-4H3,(H,16,19). The summed E-state index contributed by atoms with van der Waals surface area (Å²) in [6, 6.07) is 9.64. The number of amides is 1. The van der Waals surface area contributed by atoms with E-state index in [4.69, 9.17) is 0 Å². The molecule has 19 heavy (non-hydrogen) atoms. The van der Waals surface area contributed by atoms with E-state index in [0.29, 0.717) is 11.6 Å². The van der Waals surface area contributed by atoms with Gasteiger partial charge in [-0.2, -0.15) is 5.10 Å². The predicted molar refractivity (Wildman–Crippen MR) is 76.4 cm³/mol. The third-order valence-corrected chi connectivity index (χ3v) is 3.18. The molecule has 0 saturated carbocycles. The van der Waals surface area contributed by atoms with Gasteiger partial charge in [0.15, 0.2) is 5.69 Å². The third kappa shape index (κ3) is 2.84. The second kappa shape index (κ2) is 5.26. The molecule has 1 amide bonds. The van der Waals surface area contributed by atoms with E-state index in [0.717, 1.165) is 16.9 Å². The minimum atomic E-state index is -0.170. The minimum absolute atomic E-state index is 0.170. The molecule has 0 fully saturated rings. The summed E-state index contributed by atoms with van der Waals surface area (Å²) in [6.45, 7) is 6.14. The Bertz CT molecular complexity index is 580. The lowest BCUT2D eigenvalue weighted by Gasteiger charge is -2.12. The highest BCUT2D eigenvalue weighted by Crippen LogP contribution is 2.24. The molecule has 0 radical (unpaired) electrons. The summed E-state index contributed by atoms with van der Waals surface area (Å²) in [6.07, 6.45) is 0. The van der Waals surface area contributed by atoms with E-state index < -0.39 is 0 Å². The number of para-hydroxylation sites is 1. The number of rotatable bonds is 3. The fraction of sp³-hybridized carbons (Fsp3) is 0.333. The highest BCUT2D eigenvalue weighted by molar-refractivity contribution is 6.03. The Morgan fingerprint density at radius 2 is 2.00 bits per heavy atom. The van der Waals surface area contributed by atoms with E-state index in [1.165, 1.54) is 0 Å². The molecule has 2 aromatic rings. The number of anilines is 1. The van der Waals surface area contributed by atoms with Crippen molar-refractivity contribution >= 4 is 11.6 Å². The normalized spacial score (nSPS) is 10.8. The zero-order valence-corrected chi connectivity index (χ0v) is 11.8. The lowest BCUT2D eigenvalue weighted by molar-refractivity contribution is 0.102. The molecular weight excluding hydrogens is 238 g/mol. The maximum atomic E-state index is 12.2. The monoisotopic (exact) mass is 257 g/mol. The van der Waals surface area contributed by atoms with Gasteiger partial charge >= 0.3 is 0 Å². The van der Waals surface area contributed by atoms with Crippen molar-refractivity contribution in [3.8, 4) is 0 Å². The number of nitrogens with one attached hydrogen (secondary N) is 1. The van der Waals surface area contributed by atoms with E-state index in [1.54, 1.807) is 10.7 Å². The van der Waals surface area contributed by atoms with Gasteiger partial charge in [-0.3, -0.25) is 9.48 Å². The smallest absolute Gasteiger partial charge is 0.276 e. The summed E-state index contributed by atoms with van der Waals surface area (Å²) < 4.78 is 1.70. The molecule has 1 aromatic carbocycles. The molecule has 1 aromatic heterocycles. The lowest BCUT2D eigenvalue weighted by atomic mass is 10.0. The molecular formula is C15H19N3O. The van der Waals surface area contributed by atoms with Gasteiger partial charge in [0, 0.05) is 18.4 Å². The maximum absolute atomic E-state index is 12.2. The molecule has 0 aliphatic heterocycles. The summed E-state index contributed by atoms with van der Waals surface area (Å²) in [4.78, 5) is 12.2. The van der Waals surface area contributed by atoms with Gasteiger partial charge in [-0.1, -0.05) is 32.0 Å². The number of aryl methyl sites for hydroxylation is 2. The number of hydrogen-bond donors (Lipinski definition) is 1. The molecule has 0 unspecified atom stereocenters. The van der Waals surface area contributed by atoms with E-state index in [9.17, 15) is 4.79 Å². The first-order valence-electron chi connectivity index (χ1n) is 6.40. The molecule has 2 rings (SSSR count). The van der Waals surface area contributed by atoms with Crippen LogP contribution in [0.5, 0.6) is 0 Å². The molecule has 0 bridgehead atoms. The van der Waals surface area contributed by atoms with Gasteiger partial charge < -0.3 is 5.32 Å². The summed E-state index contributed by atoms with van der Waals surface area (Å²) in [5.41, 5.74) is 3.38. The summed E-state index contributed by atoms with van der Waals surface area (Å²) in [5.74, 6) is 0.193. The van der Waals surface area contributed by atoms with Gasteiger partial charge in [0.25, 0.3) is 5.91 Å². The topological polar surface area (TPSA) is 46.9 Å². The fourth-order valence-corrected chi connectivity index (χ4v) is 1.97. The summed E-state index contributed by atoms with van der Waals surface area (Å²) >= 11 is 0.